The highest BCUT2D eigenvalue weighted by molar-refractivity contribution is 9.10. The Morgan fingerprint density at radius 2 is 1.41 bits per heavy atom. The fourth-order valence-corrected chi connectivity index (χ4v) is 5.30. The number of carbonyl (C=O) groups excluding carboxylic acids is 2. The molecule has 37 heavy (non-hydrogen) atoms. The van der Waals surface area contributed by atoms with E-state index in [0.717, 1.165) is 12.1 Å². The highest BCUT2D eigenvalue weighted by Crippen LogP contribution is 2.39. The number of aliphatic hydroxyl groups excluding tert-OH is 2. The van der Waals surface area contributed by atoms with Crippen molar-refractivity contribution in [2.45, 2.75) is 29.3 Å². The first-order valence-corrected chi connectivity index (χ1v) is 13.0. The summed E-state index contributed by atoms with van der Waals surface area (Å²) in [4.78, 5) is 25.7. The highest BCUT2D eigenvalue weighted by atomic mass is 79.9. The van der Waals surface area contributed by atoms with Crippen LogP contribution in [0, 0.1) is 0 Å². The van der Waals surface area contributed by atoms with Gasteiger partial charge in [0.25, 0.3) is 10.1 Å². The van der Waals surface area contributed by atoms with E-state index in [-0.39, 0.29) is 26.7 Å². The predicted molar refractivity (Wildman–Crippen MR) is 129 cm³/mol. The molecule has 2 N–H and O–H groups in total. The van der Waals surface area contributed by atoms with Gasteiger partial charge in [0.1, 0.15) is 6.10 Å². The molecule has 1 aliphatic heterocycles. The summed E-state index contributed by atoms with van der Waals surface area (Å²) in [6, 6.07) is 17.4. The second-order valence-electron chi connectivity index (χ2n) is 8.08. The Hall–Kier alpha value is -2.87. The molecule has 1 aliphatic rings. The van der Waals surface area contributed by atoms with E-state index in [1.165, 1.54) is 24.3 Å². The van der Waals surface area contributed by atoms with E-state index in [0.29, 0.717) is 0 Å². The molecule has 4 rings (SSSR count). The van der Waals surface area contributed by atoms with Crippen LogP contribution in [0.25, 0.3) is 0 Å². The largest absolute Gasteiger partial charge is 0.394 e. The maximum atomic E-state index is 14.4. The average molecular weight is 597 g/mol. The van der Waals surface area contributed by atoms with E-state index in [1.807, 2.05) is 0 Å². The molecule has 0 unspecified atom stereocenters. The number of rotatable bonds is 8. The molecule has 0 amide bonds. The number of aliphatic hydroxyl groups is 2. The summed E-state index contributed by atoms with van der Waals surface area (Å²) < 4.78 is 64.3. The van der Waals surface area contributed by atoms with Crippen LogP contribution in [0.5, 0.6) is 0 Å². The first-order valence-electron chi connectivity index (χ1n) is 10.8. The molecule has 0 bridgehead atoms. The average Bonchev–Trinajstić information content (AvgIpc) is 3.11. The molecule has 0 saturated carbocycles. The zero-order chi connectivity index (χ0) is 27.0. The molecule has 194 valence electrons. The summed E-state index contributed by atoms with van der Waals surface area (Å²) in [6.45, 7) is -1.01. The summed E-state index contributed by atoms with van der Waals surface area (Å²) in [5.41, 5.74) is -0.113. The van der Waals surface area contributed by atoms with Gasteiger partial charge in [0, 0.05) is 26.7 Å². The lowest BCUT2D eigenvalue weighted by molar-refractivity contribution is -0.183. The minimum Gasteiger partial charge on any atom is -0.394 e. The van der Waals surface area contributed by atoms with E-state index >= 15 is 0 Å². The molecule has 1 fully saturated rings. The van der Waals surface area contributed by atoms with Gasteiger partial charge in [-0.15, -0.1) is 0 Å². The molecule has 0 spiro atoms. The third-order valence-electron chi connectivity index (χ3n) is 5.65. The van der Waals surface area contributed by atoms with Crippen LogP contribution < -0.4 is 0 Å². The lowest BCUT2D eigenvalue weighted by atomic mass is 9.97. The molecule has 0 radical (unpaired) electrons. The van der Waals surface area contributed by atoms with Crippen molar-refractivity contribution in [3.8, 4) is 0 Å². The van der Waals surface area contributed by atoms with Gasteiger partial charge in [0.2, 0.25) is 6.29 Å². The second kappa shape index (κ2) is 10.5. The number of ketones is 2. The fourth-order valence-electron chi connectivity index (χ4n) is 3.67. The van der Waals surface area contributed by atoms with Gasteiger partial charge in [-0.05, 0) is 28.1 Å². The first-order chi connectivity index (χ1) is 17.5. The summed E-state index contributed by atoms with van der Waals surface area (Å²) in [5.74, 6) is -5.48. The van der Waals surface area contributed by atoms with E-state index in [4.69, 9.17) is 9.84 Å². The molecule has 3 aromatic carbocycles. The quantitative estimate of drug-likeness (QED) is 0.299. The van der Waals surface area contributed by atoms with Gasteiger partial charge in [0.05, 0.1) is 11.5 Å². The third-order valence-corrected chi connectivity index (χ3v) is 7.74. The molecule has 1 heterocycles. The Morgan fingerprint density at radius 3 is 1.81 bits per heavy atom. The molecule has 3 atom stereocenters. The monoisotopic (exact) mass is 596 g/mol. The van der Waals surface area contributed by atoms with Gasteiger partial charge in [-0.2, -0.15) is 17.2 Å². The normalized spacial score (nSPS) is 21.1. The van der Waals surface area contributed by atoms with Gasteiger partial charge < -0.3 is 14.9 Å². The van der Waals surface area contributed by atoms with Crippen molar-refractivity contribution in [3.63, 3.8) is 0 Å². The van der Waals surface area contributed by atoms with Crippen molar-refractivity contribution in [3.05, 3.63) is 99.5 Å². The molecule has 0 aliphatic carbocycles. The van der Waals surface area contributed by atoms with Gasteiger partial charge in [-0.3, -0.25) is 9.59 Å². The minimum absolute atomic E-state index is 0.00707. The highest BCUT2D eigenvalue weighted by Gasteiger charge is 2.60. The molecule has 3 aromatic rings. The standard InChI is InChI=1S/C25H19BrF2O8S/c26-20-17(21(30)14-7-3-1-4-8-14)11-16(12-18(20)22(31)15-9-5-2-6-10-15)37(33,34)36-24-25(27,28)23(32)19(13-29)35-24/h1-12,19,23-24,29,32H,13H2/t19-,23-,24-/m1/s1. The number of hydrogen-bond donors (Lipinski definition) is 2. The van der Waals surface area contributed by atoms with E-state index in [9.17, 15) is 31.9 Å². The van der Waals surface area contributed by atoms with Crippen LogP contribution in [-0.2, 0) is 19.0 Å². The summed E-state index contributed by atoms with van der Waals surface area (Å²) in [5, 5.41) is 18.8. The predicted octanol–water partition coefficient (Wildman–Crippen LogP) is 3.33. The van der Waals surface area contributed by atoms with Crippen molar-refractivity contribution < 1.29 is 45.9 Å². The van der Waals surface area contributed by atoms with Gasteiger partial charge in [-0.1, -0.05) is 60.7 Å². The summed E-state index contributed by atoms with van der Waals surface area (Å²) in [7, 11) is -5.09. The molecule has 8 nitrogen and oxygen atoms in total. The van der Waals surface area contributed by atoms with Crippen LogP contribution in [0.15, 0.2) is 82.2 Å². The Morgan fingerprint density at radius 1 is 0.946 bits per heavy atom. The number of carbonyl (C=O) groups is 2. The number of halogens is 3. The van der Waals surface area contributed by atoms with Crippen LogP contribution in [-0.4, -0.2) is 61.2 Å². The van der Waals surface area contributed by atoms with Crippen molar-refractivity contribution in [2.24, 2.45) is 0 Å². The number of ether oxygens (including phenoxy) is 1. The molecular weight excluding hydrogens is 578 g/mol. The fraction of sp³-hybridized carbons (Fsp3) is 0.200. The molecule has 0 aromatic heterocycles. The van der Waals surface area contributed by atoms with E-state index in [2.05, 4.69) is 20.1 Å². The van der Waals surface area contributed by atoms with E-state index in [1.54, 1.807) is 36.4 Å². The van der Waals surface area contributed by atoms with Crippen molar-refractivity contribution in [2.75, 3.05) is 6.61 Å². The van der Waals surface area contributed by atoms with Crippen LogP contribution in [0.4, 0.5) is 8.78 Å². The zero-order valence-electron chi connectivity index (χ0n) is 18.8. The van der Waals surface area contributed by atoms with E-state index < -0.39 is 57.6 Å². The van der Waals surface area contributed by atoms with Crippen LogP contribution in [0.2, 0.25) is 0 Å². The second-order valence-corrected chi connectivity index (χ2v) is 10.4. The molecular formula is C25H19BrF2O8S. The number of benzene rings is 3. The summed E-state index contributed by atoms with van der Waals surface area (Å²) in [6.07, 6.45) is -7.06. The Kier molecular flexibility index (Phi) is 7.70. The van der Waals surface area contributed by atoms with Crippen LogP contribution >= 0.6 is 15.9 Å². The maximum Gasteiger partial charge on any atom is 0.326 e. The van der Waals surface area contributed by atoms with Crippen molar-refractivity contribution in [1.82, 2.24) is 0 Å². The topological polar surface area (TPSA) is 127 Å². The van der Waals surface area contributed by atoms with Gasteiger partial charge >= 0.3 is 5.92 Å². The molecule has 12 heteroatoms. The maximum absolute atomic E-state index is 14.4. The van der Waals surface area contributed by atoms with Crippen molar-refractivity contribution in [1.29, 1.82) is 0 Å². The number of hydrogen-bond acceptors (Lipinski definition) is 8. The van der Waals surface area contributed by atoms with Gasteiger partial charge in [-0.25, -0.2) is 4.18 Å². The van der Waals surface area contributed by atoms with Crippen LogP contribution in [0.1, 0.15) is 31.8 Å². The minimum atomic E-state index is -5.09. The summed E-state index contributed by atoms with van der Waals surface area (Å²) >= 11 is 3.23. The third kappa shape index (κ3) is 5.26. The molecule has 1 saturated heterocycles. The Bertz CT molecular complexity index is 1360. The Labute approximate surface area is 218 Å². The number of alkyl halides is 2. The van der Waals surface area contributed by atoms with Crippen molar-refractivity contribution >= 4 is 37.6 Å². The first kappa shape index (κ1) is 27.2. The van der Waals surface area contributed by atoms with Crippen LogP contribution in [0.3, 0.4) is 0 Å². The SMILES string of the molecule is O=C(c1ccccc1)c1cc(S(=O)(=O)O[C@H]2O[C@H](CO)[C@@H](O)C2(F)F)cc(C(=O)c2ccccc2)c1Br. The lowest BCUT2D eigenvalue weighted by Gasteiger charge is -2.20. The smallest absolute Gasteiger partial charge is 0.326 e. The van der Waals surface area contributed by atoms with Gasteiger partial charge in [0.15, 0.2) is 17.7 Å². The Balaban J connectivity index is 1.82. The zero-order valence-corrected chi connectivity index (χ0v) is 21.2. The lowest BCUT2D eigenvalue weighted by Crippen LogP contribution is -2.42.